The molecule has 0 aliphatic carbocycles. The van der Waals surface area contributed by atoms with Crippen molar-refractivity contribution in [3.63, 3.8) is 0 Å². The molecule has 2 atom stereocenters. The fraction of sp³-hybridized carbons (Fsp3) is 0.211. The third kappa shape index (κ3) is 2.64. The summed E-state index contributed by atoms with van der Waals surface area (Å²) >= 11 is 1.46. The van der Waals surface area contributed by atoms with Gasteiger partial charge in [0.15, 0.2) is 0 Å². The van der Waals surface area contributed by atoms with E-state index in [4.69, 9.17) is 5.73 Å². The van der Waals surface area contributed by atoms with Gasteiger partial charge in [-0.05, 0) is 36.8 Å². The van der Waals surface area contributed by atoms with Gasteiger partial charge in [-0.15, -0.1) is 11.8 Å². The number of primary amides is 1. The van der Waals surface area contributed by atoms with E-state index in [2.05, 4.69) is 5.32 Å². The van der Waals surface area contributed by atoms with Crippen LogP contribution in [0.1, 0.15) is 22.8 Å². The number of carbonyl (C=O) groups is 3. The van der Waals surface area contributed by atoms with Crippen molar-refractivity contribution in [1.82, 2.24) is 0 Å². The standard InChI is InChI=1S/C19H17N3O3S/c1-10-18(24)21-13-8-12(6-7-16(13)26-10)19(25)22-14-5-3-2-4-11(14)9-15(22)17(20)23/h2-8,10,15H,9H2,1H3,(H2,20,23)(H,21,24)/t10-,15-/m0/s1. The quantitative estimate of drug-likeness (QED) is 0.851. The van der Waals surface area contributed by atoms with E-state index in [-0.39, 0.29) is 17.1 Å². The third-order valence-electron chi connectivity index (χ3n) is 4.68. The van der Waals surface area contributed by atoms with Gasteiger partial charge in [0.1, 0.15) is 6.04 Å². The van der Waals surface area contributed by atoms with Gasteiger partial charge in [0, 0.05) is 22.6 Å². The zero-order chi connectivity index (χ0) is 18.4. The maximum Gasteiger partial charge on any atom is 0.259 e. The third-order valence-corrected chi connectivity index (χ3v) is 5.86. The van der Waals surface area contributed by atoms with Crippen LogP contribution in [0, 0.1) is 0 Å². The number of nitrogens with zero attached hydrogens (tertiary/aromatic N) is 1. The molecule has 6 nitrogen and oxygen atoms in total. The van der Waals surface area contributed by atoms with Gasteiger partial charge in [0.05, 0.1) is 10.9 Å². The summed E-state index contributed by atoms with van der Waals surface area (Å²) in [6.45, 7) is 1.83. The summed E-state index contributed by atoms with van der Waals surface area (Å²) in [6, 6.07) is 11.9. The molecule has 0 radical (unpaired) electrons. The Hall–Kier alpha value is -2.80. The van der Waals surface area contributed by atoms with Gasteiger partial charge in [-0.1, -0.05) is 18.2 Å². The first-order chi connectivity index (χ1) is 12.5. The number of benzene rings is 2. The van der Waals surface area contributed by atoms with Gasteiger partial charge in [0.25, 0.3) is 5.91 Å². The van der Waals surface area contributed by atoms with E-state index in [1.165, 1.54) is 16.7 Å². The predicted molar refractivity (Wildman–Crippen MR) is 100 cm³/mol. The topological polar surface area (TPSA) is 92.5 Å². The average molecular weight is 367 g/mol. The summed E-state index contributed by atoms with van der Waals surface area (Å²) in [7, 11) is 0. The van der Waals surface area contributed by atoms with Crippen LogP contribution in [0.2, 0.25) is 0 Å². The number of para-hydroxylation sites is 1. The molecule has 132 valence electrons. The molecule has 0 saturated carbocycles. The molecule has 4 rings (SSSR count). The van der Waals surface area contributed by atoms with Crippen molar-refractivity contribution in [3.8, 4) is 0 Å². The number of rotatable bonds is 2. The van der Waals surface area contributed by atoms with Crippen LogP contribution in [-0.4, -0.2) is 29.0 Å². The van der Waals surface area contributed by atoms with Crippen molar-refractivity contribution in [1.29, 1.82) is 0 Å². The Balaban J connectivity index is 1.72. The van der Waals surface area contributed by atoms with Crippen LogP contribution in [0.25, 0.3) is 0 Å². The van der Waals surface area contributed by atoms with E-state index >= 15 is 0 Å². The van der Waals surface area contributed by atoms with Gasteiger partial charge in [-0.25, -0.2) is 0 Å². The molecule has 26 heavy (non-hydrogen) atoms. The first kappa shape index (κ1) is 16.7. The van der Waals surface area contributed by atoms with Crippen molar-refractivity contribution in [2.45, 2.75) is 29.5 Å². The van der Waals surface area contributed by atoms with Crippen molar-refractivity contribution < 1.29 is 14.4 Å². The molecule has 0 unspecified atom stereocenters. The molecule has 2 aromatic rings. The Labute approximate surface area is 154 Å². The van der Waals surface area contributed by atoms with Crippen LogP contribution in [-0.2, 0) is 16.0 Å². The zero-order valence-corrected chi connectivity index (χ0v) is 14.9. The van der Waals surface area contributed by atoms with Gasteiger partial charge >= 0.3 is 0 Å². The number of nitrogens with one attached hydrogen (secondary N) is 1. The normalized spacial score (nSPS) is 21.0. The van der Waals surface area contributed by atoms with E-state index < -0.39 is 11.9 Å². The van der Waals surface area contributed by atoms with E-state index in [9.17, 15) is 14.4 Å². The molecule has 2 aliphatic heterocycles. The van der Waals surface area contributed by atoms with Crippen molar-refractivity contribution in [2.75, 3.05) is 10.2 Å². The van der Waals surface area contributed by atoms with Crippen LogP contribution in [0.4, 0.5) is 11.4 Å². The van der Waals surface area contributed by atoms with E-state index in [1.54, 1.807) is 12.1 Å². The zero-order valence-electron chi connectivity index (χ0n) is 14.1. The van der Waals surface area contributed by atoms with Gasteiger partial charge < -0.3 is 11.1 Å². The second kappa shape index (κ2) is 6.17. The molecule has 7 heteroatoms. The number of anilines is 2. The molecule has 0 spiro atoms. The van der Waals surface area contributed by atoms with E-state index in [0.717, 1.165) is 10.5 Å². The molecule has 2 aliphatic rings. The average Bonchev–Trinajstić information content (AvgIpc) is 3.01. The van der Waals surface area contributed by atoms with Gasteiger partial charge in [-0.2, -0.15) is 0 Å². The summed E-state index contributed by atoms with van der Waals surface area (Å²) in [5.41, 5.74) is 8.17. The second-order valence-electron chi connectivity index (χ2n) is 6.39. The maximum absolute atomic E-state index is 13.2. The monoisotopic (exact) mass is 367 g/mol. The number of amides is 3. The number of fused-ring (bicyclic) bond motifs is 2. The predicted octanol–water partition coefficient (Wildman–Crippen LogP) is 2.18. The van der Waals surface area contributed by atoms with Crippen molar-refractivity contribution in [3.05, 3.63) is 53.6 Å². The molecule has 0 bridgehead atoms. The van der Waals surface area contributed by atoms with Crippen molar-refractivity contribution in [2.24, 2.45) is 5.73 Å². The SMILES string of the molecule is C[C@@H]1Sc2ccc(C(=O)N3c4ccccc4C[C@H]3C(N)=O)cc2NC1=O. The molecule has 2 aromatic carbocycles. The Kier molecular flexibility index (Phi) is 3.96. The summed E-state index contributed by atoms with van der Waals surface area (Å²) in [4.78, 5) is 39.3. The fourth-order valence-electron chi connectivity index (χ4n) is 3.35. The lowest BCUT2D eigenvalue weighted by atomic mass is 10.1. The highest BCUT2D eigenvalue weighted by Crippen LogP contribution is 2.38. The maximum atomic E-state index is 13.2. The second-order valence-corrected chi connectivity index (χ2v) is 7.77. The molecular formula is C19H17N3O3S. The molecule has 0 aromatic heterocycles. The molecule has 0 saturated heterocycles. The largest absolute Gasteiger partial charge is 0.368 e. The lowest BCUT2D eigenvalue weighted by Crippen LogP contribution is -2.46. The number of hydrogen-bond acceptors (Lipinski definition) is 4. The molecular weight excluding hydrogens is 350 g/mol. The van der Waals surface area contributed by atoms with Crippen LogP contribution in [0.5, 0.6) is 0 Å². The molecule has 0 fully saturated rings. The van der Waals surface area contributed by atoms with Crippen LogP contribution in [0.3, 0.4) is 0 Å². The summed E-state index contributed by atoms with van der Waals surface area (Å²) in [5.74, 6) is -0.932. The fourth-order valence-corrected chi connectivity index (χ4v) is 4.28. The molecule has 2 heterocycles. The number of nitrogens with two attached hydrogens (primary N) is 1. The highest BCUT2D eigenvalue weighted by Gasteiger charge is 2.37. The minimum absolute atomic E-state index is 0.0892. The number of carbonyl (C=O) groups excluding carboxylic acids is 3. The minimum atomic E-state index is -0.708. The highest BCUT2D eigenvalue weighted by atomic mass is 32.2. The van der Waals surface area contributed by atoms with Crippen LogP contribution >= 0.6 is 11.8 Å². The Morgan fingerprint density at radius 1 is 1.23 bits per heavy atom. The van der Waals surface area contributed by atoms with E-state index in [1.807, 2.05) is 37.3 Å². The Bertz CT molecular complexity index is 943. The smallest absolute Gasteiger partial charge is 0.259 e. The summed E-state index contributed by atoms with van der Waals surface area (Å²) in [6.07, 6.45) is 0.409. The first-order valence-corrected chi connectivity index (χ1v) is 9.16. The van der Waals surface area contributed by atoms with Gasteiger partial charge in [0.2, 0.25) is 11.8 Å². The van der Waals surface area contributed by atoms with Crippen LogP contribution in [0.15, 0.2) is 47.4 Å². The number of hydrogen-bond donors (Lipinski definition) is 2. The summed E-state index contributed by atoms with van der Waals surface area (Å²) in [5, 5.41) is 2.65. The first-order valence-electron chi connectivity index (χ1n) is 8.28. The van der Waals surface area contributed by atoms with E-state index in [0.29, 0.717) is 23.4 Å². The Morgan fingerprint density at radius 2 is 2.00 bits per heavy atom. The highest BCUT2D eigenvalue weighted by molar-refractivity contribution is 8.00. The van der Waals surface area contributed by atoms with Crippen molar-refractivity contribution >= 4 is 40.9 Å². The molecule has 3 N–H and O–H groups in total. The lowest BCUT2D eigenvalue weighted by Gasteiger charge is -2.25. The molecule has 3 amide bonds. The number of thioether (sulfide) groups is 1. The Morgan fingerprint density at radius 3 is 2.77 bits per heavy atom. The van der Waals surface area contributed by atoms with Crippen LogP contribution < -0.4 is 16.0 Å². The minimum Gasteiger partial charge on any atom is -0.368 e. The lowest BCUT2D eigenvalue weighted by molar-refractivity contribution is -0.119. The summed E-state index contributed by atoms with van der Waals surface area (Å²) < 4.78 is 0. The van der Waals surface area contributed by atoms with Gasteiger partial charge in [-0.3, -0.25) is 19.3 Å².